The molecule has 0 spiro atoms. The summed E-state index contributed by atoms with van der Waals surface area (Å²) in [7, 11) is 0. The third kappa shape index (κ3) is 3.84. The van der Waals surface area contributed by atoms with Gasteiger partial charge < -0.3 is 4.90 Å². The number of carbonyl (C=O) groups excluding carboxylic acids is 1. The van der Waals surface area contributed by atoms with Gasteiger partial charge in [-0.2, -0.15) is 13.2 Å². The summed E-state index contributed by atoms with van der Waals surface area (Å²) in [5, 5.41) is 0. The highest BCUT2D eigenvalue weighted by Crippen LogP contribution is 2.33. The summed E-state index contributed by atoms with van der Waals surface area (Å²) in [6.07, 6.45) is -1.36. The fourth-order valence-corrected chi connectivity index (χ4v) is 2.77. The summed E-state index contributed by atoms with van der Waals surface area (Å²) >= 11 is 0. The molecule has 1 heterocycles. The topological polar surface area (TPSA) is 23.6 Å². The second-order valence-electron chi connectivity index (χ2n) is 5.53. The van der Waals surface area contributed by atoms with E-state index in [9.17, 15) is 18.0 Å². The van der Waals surface area contributed by atoms with Crippen molar-refractivity contribution < 1.29 is 18.0 Å². The van der Waals surface area contributed by atoms with Gasteiger partial charge in [0.25, 0.3) is 0 Å². The van der Waals surface area contributed by atoms with Crippen LogP contribution in [0.1, 0.15) is 32.6 Å². The minimum Gasteiger partial charge on any atom is -0.339 e. The van der Waals surface area contributed by atoms with Gasteiger partial charge in [-0.25, -0.2) is 0 Å². The van der Waals surface area contributed by atoms with Crippen molar-refractivity contribution in [3.63, 3.8) is 0 Å². The molecule has 110 valence electrons. The molecule has 19 heavy (non-hydrogen) atoms. The Morgan fingerprint density at radius 3 is 2.53 bits per heavy atom. The number of piperidine rings is 1. The lowest BCUT2D eigenvalue weighted by Gasteiger charge is -2.34. The van der Waals surface area contributed by atoms with E-state index in [0.29, 0.717) is 25.6 Å². The first-order chi connectivity index (χ1) is 8.91. The normalized spacial score (nSPS) is 25.4. The van der Waals surface area contributed by atoms with Gasteiger partial charge in [0.15, 0.2) is 0 Å². The van der Waals surface area contributed by atoms with Crippen LogP contribution in [0.25, 0.3) is 0 Å². The second-order valence-corrected chi connectivity index (χ2v) is 5.53. The van der Waals surface area contributed by atoms with Gasteiger partial charge in [0, 0.05) is 19.1 Å². The van der Waals surface area contributed by atoms with Gasteiger partial charge in [0.2, 0.25) is 5.91 Å². The molecule has 1 aliphatic heterocycles. The fourth-order valence-electron chi connectivity index (χ4n) is 2.77. The van der Waals surface area contributed by atoms with Crippen LogP contribution in [0.4, 0.5) is 13.2 Å². The van der Waals surface area contributed by atoms with E-state index >= 15 is 0 Å². The molecular weight excluding hydrogens is 257 g/mol. The van der Waals surface area contributed by atoms with Gasteiger partial charge in [-0.3, -0.25) is 9.69 Å². The summed E-state index contributed by atoms with van der Waals surface area (Å²) < 4.78 is 38.1. The van der Waals surface area contributed by atoms with Crippen LogP contribution in [0.3, 0.4) is 0 Å². The van der Waals surface area contributed by atoms with Crippen molar-refractivity contribution >= 4 is 5.91 Å². The molecule has 3 nitrogen and oxygen atoms in total. The molecule has 1 saturated carbocycles. The van der Waals surface area contributed by atoms with E-state index in [1.165, 1.54) is 0 Å². The fraction of sp³-hybridized carbons (Fsp3) is 0.923. The van der Waals surface area contributed by atoms with Crippen molar-refractivity contribution in [1.82, 2.24) is 9.80 Å². The van der Waals surface area contributed by atoms with Gasteiger partial charge in [-0.15, -0.1) is 0 Å². The number of carbonyl (C=O) groups is 1. The van der Waals surface area contributed by atoms with Crippen LogP contribution >= 0.6 is 0 Å². The number of hydrogen-bond donors (Lipinski definition) is 0. The number of hydrogen-bond acceptors (Lipinski definition) is 2. The number of likely N-dealkylation sites (tertiary alicyclic amines) is 1. The average Bonchev–Trinajstić information content (AvgIpc) is 3.13. The molecule has 0 aromatic rings. The van der Waals surface area contributed by atoms with Crippen molar-refractivity contribution in [3.8, 4) is 0 Å². The van der Waals surface area contributed by atoms with Crippen LogP contribution in [0.15, 0.2) is 0 Å². The molecule has 0 radical (unpaired) electrons. The SMILES string of the molecule is CCN(C(=O)CN1CCCC(C(F)(F)F)C1)C1CC1. The van der Waals surface area contributed by atoms with Gasteiger partial charge in [0.1, 0.15) is 0 Å². The number of likely N-dealkylation sites (N-methyl/N-ethyl adjacent to an activating group) is 1. The average molecular weight is 278 g/mol. The van der Waals surface area contributed by atoms with E-state index in [0.717, 1.165) is 12.8 Å². The third-order valence-corrected chi connectivity index (χ3v) is 3.98. The van der Waals surface area contributed by atoms with E-state index in [2.05, 4.69) is 0 Å². The quantitative estimate of drug-likeness (QED) is 0.787. The van der Waals surface area contributed by atoms with Gasteiger partial charge in [0.05, 0.1) is 12.5 Å². The predicted octanol–water partition coefficient (Wildman–Crippen LogP) is 2.27. The van der Waals surface area contributed by atoms with Crippen LogP contribution in [0.5, 0.6) is 0 Å². The molecular formula is C13H21F3N2O. The number of nitrogens with zero attached hydrogens (tertiary/aromatic N) is 2. The maximum atomic E-state index is 12.7. The Hall–Kier alpha value is -0.780. The lowest BCUT2D eigenvalue weighted by molar-refractivity contribution is -0.187. The van der Waals surface area contributed by atoms with Gasteiger partial charge in [-0.1, -0.05) is 0 Å². The zero-order chi connectivity index (χ0) is 14.0. The molecule has 1 unspecified atom stereocenters. The molecule has 0 N–H and O–H groups in total. The van der Waals surface area contributed by atoms with E-state index in [1.807, 2.05) is 6.92 Å². The van der Waals surface area contributed by atoms with E-state index in [-0.39, 0.29) is 25.4 Å². The summed E-state index contributed by atoms with van der Waals surface area (Å²) in [4.78, 5) is 15.5. The Balaban J connectivity index is 1.86. The monoisotopic (exact) mass is 278 g/mol. The van der Waals surface area contributed by atoms with Crippen molar-refractivity contribution in [2.24, 2.45) is 5.92 Å². The zero-order valence-corrected chi connectivity index (χ0v) is 11.2. The smallest absolute Gasteiger partial charge is 0.339 e. The van der Waals surface area contributed by atoms with E-state index in [4.69, 9.17) is 0 Å². The van der Waals surface area contributed by atoms with Crippen LogP contribution in [-0.2, 0) is 4.79 Å². The van der Waals surface area contributed by atoms with Crippen molar-refractivity contribution in [2.75, 3.05) is 26.2 Å². The molecule has 1 saturated heterocycles. The van der Waals surface area contributed by atoms with Gasteiger partial charge >= 0.3 is 6.18 Å². The maximum absolute atomic E-state index is 12.7. The first-order valence-electron chi connectivity index (χ1n) is 7.00. The van der Waals surface area contributed by atoms with Gasteiger partial charge in [-0.05, 0) is 39.2 Å². The Kier molecular flexibility index (Phi) is 4.38. The number of rotatable bonds is 4. The maximum Gasteiger partial charge on any atom is 0.393 e. The first kappa shape index (κ1) is 14.6. The highest BCUT2D eigenvalue weighted by atomic mass is 19.4. The highest BCUT2D eigenvalue weighted by molar-refractivity contribution is 5.78. The first-order valence-corrected chi connectivity index (χ1v) is 7.00. The summed E-state index contributed by atoms with van der Waals surface area (Å²) in [6.45, 7) is 3.28. The van der Waals surface area contributed by atoms with Crippen LogP contribution in [0, 0.1) is 5.92 Å². The van der Waals surface area contributed by atoms with Crippen LogP contribution in [-0.4, -0.2) is 54.1 Å². The van der Waals surface area contributed by atoms with Crippen molar-refractivity contribution in [2.45, 2.75) is 44.8 Å². The number of halogens is 3. The molecule has 6 heteroatoms. The van der Waals surface area contributed by atoms with Crippen LogP contribution < -0.4 is 0 Å². The Bertz CT molecular complexity index is 328. The minimum absolute atomic E-state index is 0.0205. The molecule has 2 rings (SSSR count). The van der Waals surface area contributed by atoms with Crippen molar-refractivity contribution in [3.05, 3.63) is 0 Å². The lowest BCUT2D eigenvalue weighted by Crippen LogP contribution is -2.47. The Morgan fingerprint density at radius 2 is 2.00 bits per heavy atom. The predicted molar refractivity (Wildman–Crippen MR) is 65.6 cm³/mol. The Morgan fingerprint density at radius 1 is 1.32 bits per heavy atom. The molecule has 1 amide bonds. The molecule has 2 fully saturated rings. The summed E-state index contributed by atoms with van der Waals surface area (Å²) in [6, 6.07) is 0.334. The molecule has 1 atom stereocenters. The van der Waals surface area contributed by atoms with E-state index in [1.54, 1.807) is 9.80 Å². The lowest BCUT2D eigenvalue weighted by atomic mass is 9.97. The largest absolute Gasteiger partial charge is 0.393 e. The zero-order valence-electron chi connectivity index (χ0n) is 11.2. The summed E-state index contributed by atoms with van der Waals surface area (Å²) in [5.74, 6) is -1.29. The molecule has 1 aliphatic carbocycles. The standard InChI is InChI=1S/C13H21F3N2O/c1-2-18(11-5-6-11)12(19)9-17-7-3-4-10(8-17)13(14,15)16/h10-11H,2-9H2,1H3. The summed E-state index contributed by atoms with van der Waals surface area (Å²) in [5.41, 5.74) is 0. The molecule has 0 aromatic carbocycles. The number of alkyl halides is 3. The minimum atomic E-state index is -4.14. The molecule has 0 bridgehead atoms. The second kappa shape index (κ2) is 5.69. The van der Waals surface area contributed by atoms with Crippen LogP contribution in [0.2, 0.25) is 0 Å². The molecule has 2 aliphatic rings. The Labute approximate surface area is 111 Å². The van der Waals surface area contributed by atoms with E-state index < -0.39 is 12.1 Å². The third-order valence-electron chi connectivity index (χ3n) is 3.98. The highest BCUT2D eigenvalue weighted by Gasteiger charge is 2.42. The molecule has 0 aromatic heterocycles. The number of amides is 1. The van der Waals surface area contributed by atoms with Crippen molar-refractivity contribution in [1.29, 1.82) is 0 Å².